The maximum absolute atomic E-state index is 11.4. The number of aryl methyl sites for hydroxylation is 1. The minimum atomic E-state index is -0.503. The van der Waals surface area contributed by atoms with Crippen molar-refractivity contribution in [3.8, 4) is 0 Å². The van der Waals surface area contributed by atoms with E-state index in [1.807, 2.05) is 19.1 Å². The average molecular weight is 261 g/mol. The Hall–Kier alpha value is -2.50. The Morgan fingerprint density at radius 2 is 2.21 bits per heavy atom. The largest absolute Gasteiger partial charge is 0.465 e. The zero-order valence-corrected chi connectivity index (χ0v) is 10.8. The minimum Gasteiger partial charge on any atom is -0.465 e. The molecule has 6 heteroatoms. The van der Waals surface area contributed by atoms with E-state index < -0.39 is 5.97 Å². The third-order valence-corrected chi connectivity index (χ3v) is 2.55. The number of carbonyl (C=O) groups is 1. The summed E-state index contributed by atoms with van der Waals surface area (Å²) >= 11 is 0. The number of rotatable bonds is 4. The Morgan fingerprint density at radius 1 is 1.42 bits per heavy atom. The molecule has 2 rings (SSSR count). The summed E-state index contributed by atoms with van der Waals surface area (Å²) in [4.78, 5) is 15.5. The number of ether oxygens (including phenoxy) is 1. The van der Waals surface area contributed by atoms with Crippen molar-refractivity contribution in [2.75, 3.05) is 18.2 Å². The Kier molecular flexibility index (Phi) is 3.70. The molecule has 19 heavy (non-hydrogen) atoms. The van der Waals surface area contributed by atoms with Gasteiger partial charge in [-0.15, -0.1) is 0 Å². The van der Waals surface area contributed by atoms with Crippen molar-refractivity contribution in [2.45, 2.75) is 13.5 Å². The van der Waals surface area contributed by atoms with Crippen LogP contribution in [-0.4, -0.2) is 18.1 Å². The van der Waals surface area contributed by atoms with Gasteiger partial charge in [0.25, 0.3) is 0 Å². The number of anilines is 2. The first-order valence-electron chi connectivity index (χ1n) is 5.74. The first kappa shape index (κ1) is 12.9. The van der Waals surface area contributed by atoms with Gasteiger partial charge in [0.05, 0.1) is 19.3 Å². The third kappa shape index (κ3) is 3.04. The number of nitrogens with one attached hydrogen (secondary N) is 1. The number of nitrogens with two attached hydrogens (primary N) is 1. The van der Waals surface area contributed by atoms with Gasteiger partial charge < -0.3 is 20.2 Å². The van der Waals surface area contributed by atoms with Crippen LogP contribution in [0, 0.1) is 6.92 Å². The molecule has 0 unspecified atom stereocenters. The monoisotopic (exact) mass is 261 g/mol. The van der Waals surface area contributed by atoms with E-state index in [0.29, 0.717) is 18.1 Å². The maximum atomic E-state index is 11.4. The molecule has 2 heterocycles. The van der Waals surface area contributed by atoms with Crippen LogP contribution in [0.15, 0.2) is 28.7 Å². The lowest BCUT2D eigenvalue weighted by Gasteiger charge is -2.08. The summed E-state index contributed by atoms with van der Waals surface area (Å²) < 4.78 is 10.0. The zero-order valence-electron chi connectivity index (χ0n) is 10.8. The van der Waals surface area contributed by atoms with E-state index >= 15 is 0 Å². The van der Waals surface area contributed by atoms with Crippen LogP contribution < -0.4 is 11.1 Å². The first-order chi connectivity index (χ1) is 9.10. The quantitative estimate of drug-likeness (QED) is 0.818. The van der Waals surface area contributed by atoms with Crippen LogP contribution in [0.25, 0.3) is 0 Å². The van der Waals surface area contributed by atoms with Crippen LogP contribution in [0.3, 0.4) is 0 Å². The van der Waals surface area contributed by atoms with Gasteiger partial charge in [0.2, 0.25) is 0 Å². The number of aromatic nitrogens is 1. The molecule has 3 N–H and O–H groups in total. The molecule has 6 nitrogen and oxygen atoms in total. The smallest absolute Gasteiger partial charge is 0.356 e. The van der Waals surface area contributed by atoms with E-state index in [1.54, 1.807) is 6.07 Å². The van der Waals surface area contributed by atoms with Crippen LogP contribution in [0.4, 0.5) is 11.5 Å². The fraction of sp³-hybridized carbons (Fsp3) is 0.231. The molecule has 0 aliphatic carbocycles. The van der Waals surface area contributed by atoms with Gasteiger partial charge in [-0.2, -0.15) is 0 Å². The first-order valence-corrected chi connectivity index (χ1v) is 5.74. The summed E-state index contributed by atoms with van der Waals surface area (Å²) in [5.41, 5.74) is 6.45. The van der Waals surface area contributed by atoms with Crippen LogP contribution in [0.1, 0.15) is 22.0 Å². The lowest BCUT2D eigenvalue weighted by molar-refractivity contribution is 0.0594. The Labute approximate surface area is 110 Å². The predicted molar refractivity (Wildman–Crippen MR) is 70.8 cm³/mol. The van der Waals surface area contributed by atoms with Crippen LogP contribution in [0.5, 0.6) is 0 Å². The fourth-order valence-electron chi connectivity index (χ4n) is 1.58. The average Bonchev–Trinajstić information content (AvgIpc) is 2.82. The topological polar surface area (TPSA) is 90.4 Å². The molecule has 0 bridgehead atoms. The molecule has 2 aromatic rings. The van der Waals surface area contributed by atoms with Crippen molar-refractivity contribution in [3.63, 3.8) is 0 Å². The van der Waals surface area contributed by atoms with Crippen molar-refractivity contribution in [1.29, 1.82) is 0 Å². The Balaban J connectivity index is 2.12. The molecular weight excluding hydrogens is 246 g/mol. The standard InChI is InChI=1S/C13H15N3O3/c1-8-3-4-9(19-8)7-15-12-10(14)5-6-11(16-12)13(17)18-2/h3-6H,7,14H2,1-2H3,(H,15,16). The van der Waals surface area contributed by atoms with Crippen LogP contribution >= 0.6 is 0 Å². The highest BCUT2D eigenvalue weighted by Gasteiger charge is 2.10. The Bertz CT molecular complexity index is 593. The summed E-state index contributed by atoms with van der Waals surface area (Å²) in [6.45, 7) is 2.31. The van der Waals surface area contributed by atoms with E-state index in [0.717, 1.165) is 11.5 Å². The number of hydrogen-bond acceptors (Lipinski definition) is 6. The molecule has 0 radical (unpaired) electrons. The number of carbonyl (C=O) groups excluding carboxylic acids is 1. The van der Waals surface area contributed by atoms with Gasteiger partial charge >= 0.3 is 5.97 Å². The van der Waals surface area contributed by atoms with Crippen LogP contribution in [0.2, 0.25) is 0 Å². The second-order valence-corrected chi connectivity index (χ2v) is 3.99. The highest BCUT2D eigenvalue weighted by Crippen LogP contribution is 2.17. The number of nitrogens with zero attached hydrogens (tertiary/aromatic N) is 1. The van der Waals surface area contributed by atoms with Crippen molar-refractivity contribution < 1.29 is 13.9 Å². The highest BCUT2D eigenvalue weighted by atomic mass is 16.5. The lowest BCUT2D eigenvalue weighted by atomic mass is 10.3. The molecule has 0 spiro atoms. The second-order valence-electron chi connectivity index (χ2n) is 3.99. The molecule has 0 aliphatic heterocycles. The molecule has 0 amide bonds. The molecule has 2 aromatic heterocycles. The number of hydrogen-bond donors (Lipinski definition) is 2. The summed E-state index contributed by atoms with van der Waals surface area (Å²) in [6.07, 6.45) is 0. The maximum Gasteiger partial charge on any atom is 0.356 e. The highest BCUT2D eigenvalue weighted by molar-refractivity contribution is 5.88. The molecule has 0 atom stereocenters. The number of furan rings is 1. The third-order valence-electron chi connectivity index (χ3n) is 2.55. The van der Waals surface area contributed by atoms with Crippen molar-refractivity contribution in [2.24, 2.45) is 0 Å². The van der Waals surface area contributed by atoms with Gasteiger partial charge in [0.15, 0.2) is 11.5 Å². The minimum absolute atomic E-state index is 0.204. The number of nitrogen functional groups attached to an aromatic ring is 1. The molecule has 0 fully saturated rings. The Morgan fingerprint density at radius 3 is 2.84 bits per heavy atom. The number of pyridine rings is 1. The summed E-state index contributed by atoms with van der Waals surface area (Å²) in [6, 6.07) is 6.86. The van der Waals surface area contributed by atoms with Crippen molar-refractivity contribution in [1.82, 2.24) is 4.98 Å². The van der Waals surface area contributed by atoms with Gasteiger partial charge in [0.1, 0.15) is 11.5 Å². The van der Waals surface area contributed by atoms with E-state index in [-0.39, 0.29) is 5.69 Å². The number of methoxy groups -OCH3 is 1. The predicted octanol–water partition coefficient (Wildman–Crippen LogP) is 1.96. The van der Waals surface area contributed by atoms with Crippen LogP contribution in [-0.2, 0) is 11.3 Å². The van der Waals surface area contributed by atoms with E-state index in [9.17, 15) is 4.79 Å². The molecule has 100 valence electrons. The van der Waals surface area contributed by atoms with Gasteiger partial charge in [-0.1, -0.05) is 0 Å². The summed E-state index contributed by atoms with van der Waals surface area (Å²) in [7, 11) is 1.30. The molecule has 0 saturated carbocycles. The van der Waals surface area contributed by atoms with Crippen molar-refractivity contribution in [3.05, 3.63) is 41.5 Å². The summed E-state index contributed by atoms with van der Waals surface area (Å²) in [5.74, 6) is 1.53. The van der Waals surface area contributed by atoms with E-state index in [1.165, 1.54) is 13.2 Å². The second kappa shape index (κ2) is 5.43. The number of esters is 1. The zero-order chi connectivity index (χ0) is 13.8. The van der Waals surface area contributed by atoms with Gasteiger partial charge in [-0.05, 0) is 31.2 Å². The van der Waals surface area contributed by atoms with E-state index in [2.05, 4.69) is 15.0 Å². The lowest BCUT2D eigenvalue weighted by Crippen LogP contribution is -2.09. The fourth-order valence-corrected chi connectivity index (χ4v) is 1.58. The van der Waals surface area contributed by atoms with Gasteiger partial charge in [-0.25, -0.2) is 9.78 Å². The molecule has 0 aromatic carbocycles. The molecule has 0 saturated heterocycles. The SMILES string of the molecule is COC(=O)c1ccc(N)c(NCc2ccc(C)o2)n1. The van der Waals surface area contributed by atoms with Crippen molar-refractivity contribution >= 4 is 17.5 Å². The normalized spacial score (nSPS) is 10.2. The summed E-state index contributed by atoms with van der Waals surface area (Å²) in [5, 5.41) is 3.02. The van der Waals surface area contributed by atoms with Gasteiger partial charge in [0, 0.05) is 0 Å². The molecular formula is C13H15N3O3. The van der Waals surface area contributed by atoms with E-state index in [4.69, 9.17) is 10.2 Å². The van der Waals surface area contributed by atoms with Gasteiger partial charge in [-0.3, -0.25) is 0 Å². The molecule has 0 aliphatic rings.